The van der Waals surface area contributed by atoms with Crippen LogP contribution in [0.2, 0.25) is 19.6 Å². The molecule has 0 saturated carbocycles. The smallest absolute Gasteiger partial charge is 0.401 e. The first-order chi connectivity index (χ1) is 9.17. The van der Waals surface area contributed by atoms with Crippen LogP contribution < -0.4 is 0 Å². The number of rotatable bonds is 3. The van der Waals surface area contributed by atoms with Gasteiger partial charge in [-0.3, -0.25) is 0 Å². The maximum absolute atomic E-state index is 13.3. The van der Waals surface area contributed by atoms with Gasteiger partial charge >= 0.3 is 12.4 Å². The average Bonchev–Trinajstić information content (AvgIpc) is 2.24. The fraction of sp³-hybridized carbons (Fsp3) is 0.538. The Labute approximate surface area is 120 Å². The number of benzene rings is 1. The molecule has 0 aromatic heterocycles. The summed E-state index contributed by atoms with van der Waals surface area (Å²) in [5.74, 6) is 0. The minimum absolute atomic E-state index is 0.342. The third-order valence-corrected chi connectivity index (χ3v) is 3.83. The fourth-order valence-corrected chi connectivity index (χ4v) is 3.33. The summed E-state index contributed by atoms with van der Waals surface area (Å²) in [6.07, 6.45) is -9.32. The third-order valence-electron chi connectivity index (χ3n) is 2.81. The Morgan fingerprint density at radius 3 is 1.48 bits per heavy atom. The van der Waals surface area contributed by atoms with Crippen molar-refractivity contribution in [2.75, 3.05) is 0 Å². The van der Waals surface area contributed by atoms with Crippen LogP contribution in [0.3, 0.4) is 0 Å². The van der Waals surface area contributed by atoms with E-state index in [1.165, 1.54) is 0 Å². The molecular formula is C13H16F6OSi. The van der Waals surface area contributed by atoms with Gasteiger partial charge in [0, 0.05) is 0 Å². The van der Waals surface area contributed by atoms with Crippen molar-refractivity contribution >= 4 is 8.32 Å². The molecule has 0 radical (unpaired) electrons. The summed E-state index contributed by atoms with van der Waals surface area (Å²) in [5.41, 5.74) is -3.96. The molecule has 21 heavy (non-hydrogen) atoms. The monoisotopic (exact) mass is 330 g/mol. The molecule has 1 rings (SSSR count). The summed E-state index contributed by atoms with van der Waals surface area (Å²) in [5, 5.41) is 0. The molecule has 0 bridgehead atoms. The quantitative estimate of drug-likeness (QED) is 0.537. The zero-order valence-corrected chi connectivity index (χ0v) is 13.0. The second kappa shape index (κ2) is 5.31. The predicted molar refractivity (Wildman–Crippen MR) is 69.3 cm³/mol. The van der Waals surface area contributed by atoms with E-state index in [9.17, 15) is 26.3 Å². The number of halogens is 6. The fourth-order valence-electron chi connectivity index (χ4n) is 1.87. The lowest BCUT2D eigenvalue weighted by Gasteiger charge is -2.38. The van der Waals surface area contributed by atoms with E-state index >= 15 is 0 Å². The van der Waals surface area contributed by atoms with Gasteiger partial charge in [-0.2, -0.15) is 26.3 Å². The molecule has 0 spiro atoms. The van der Waals surface area contributed by atoms with E-state index in [0.29, 0.717) is 12.1 Å². The van der Waals surface area contributed by atoms with Crippen molar-refractivity contribution in [3.8, 4) is 0 Å². The van der Waals surface area contributed by atoms with Crippen LogP contribution in [0, 0.1) is 0 Å². The lowest BCUT2D eigenvalue weighted by molar-refractivity contribution is -0.250. The van der Waals surface area contributed by atoms with Gasteiger partial charge in [0.15, 0.2) is 13.9 Å². The molecule has 1 nitrogen and oxygen atoms in total. The van der Waals surface area contributed by atoms with E-state index in [2.05, 4.69) is 0 Å². The van der Waals surface area contributed by atoms with E-state index in [4.69, 9.17) is 4.43 Å². The zero-order chi connectivity index (χ0) is 16.7. The number of alkyl halides is 6. The van der Waals surface area contributed by atoms with Crippen LogP contribution in [-0.2, 0) is 16.2 Å². The van der Waals surface area contributed by atoms with E-state index in [0.717, 1.165) is 19.1 Å². The molecule has 0 aliphatic heterocycles. The van der Waals surface area contributed by atoms with Crippen molar-refractivity contribution in [2.45, 2.75) is 44.5 Å². The summed E-state index contributed by atoms with van der Waals surface area (Å²) in [4.78, 5) is 0. The van der Waals surface area contributed by atoms with Crippen molar-refractivity contribution in [1.29, 1.82) is 0 Å². The first kappa shape index (κ1) is 18.0. The normalized spacial score (nSPS) is 16.7. The van der Waals surface area contributed by atoms with Gasteiger partial charge in [0.1, 0.15) is 0 Å². The van der Waals surface area contributed by atoms with Gasteiger partial charge < -0.3 is 4.43 Å². The topological polar surface area (TPSA) is 9.23 Å². The van der Waals surface area contributed by atoms with Crippen molar-refractivity contribution in [1.82, 2.24) is 0 Å². The van der Waals surface area contributed by atoms with Crippen molar-refractivity contribution in [3.63, 3.8) is 0 Å². The van der Waals surface area contributed by atoms with E-state index in [1.807, 2.05) is 0 Å². The molecule has 1 aromatic rings. The maximum Gasteiger partial charge on any atom is 0.420 e. The lowest BCUT2D eigenvalue weighted by atomic mass is 9.94. The Balaban J connectivity index is 3.29. The van der Waals surface area contributed by atoms with Gasteiger partial charge in [-0.1, -0.05) is 12.1 Å². The van der Waals surface area contributed by atoms with Crippen LogP contribution in [0.15, 0.2) is 24.3 Å². The summed E-state index contributed by atoms with van der Waals surface area (Å²) >= 11 is 0. The van der Waals surface area contributed by atoms with E-state index in [-0.39, 0.29) is 5.56 Å². The molecule has 0 heterocycles. The highest BCUT2D eigenvalue weighted by molar-refractivity contribution is 6.69. The summed E-state index contributed by atoms with van der Waals surface area (Å²) in [6.45, 7) is 5.59. The highest BCUT2D eigenvalue weighted by Crippen LogP contribution is 2.44. The molecule has 1 aromatic carbocycles. The summed E-state index contributed by atoms with van der Waals surface area (Å²) in [7, 11) is -2.58. The van der Waals surface area contributed by atoms with Gasteiger partial charge in [-0.05, 0) is 44.3 Å². The first-order valence-electron chi connectivity index (χ1n) is 6.11. The Morgan fingerprint density at radius 2 is 1.19 bits per heavy atom. The molecule has 0 aliphatic carbocycles. The molecule has 1 atom stereocenters. The van der Waals surface area contributed by atoms with Crippen LogP contribution in [0.5, 0.6) is 0 Å². The van der Waals surface area contributed by atoms with Crippen molar-refractivity contribution < 1.29 is 30.8 Å². The van der Waals surface area contributed by atoms with E-state index in [1.54, 1.807) is 19.6 Å². The van der Waals surface area contributed by atoms with Gasteiger partial charge in [0.2, 0.25) is 0 Å². The van der Waals surface area contributed by atoms with Crippen LogP contribution in [0.4, 0.5) is 26.3 Å². The maximum atomic E-state index is 13.3. The second-order valence-electron chi connectivity index (χ2n) is 5.82. The number of hydrogen-bond acceptors (Lipinski definition) is 1. The molecular weight excluding hydrogens is 314 g/mol. The predicted octanol–water partition coefficient (Wildman–Crippen LogP) is 5.33. The third kappa shape index (κ3) is 4.23. The zero-order valence-electron chi connectivity index (χ0n) is 12.0. The average molecular weight is 330 g/mol. The molecule has 8 heteroatoms. The minimum atomic E-state index is -4.73. The molecule has 1 unspecified atom stereocenters. The largest absolute Gasteiger partial charge is 0.420 e. The Hall–Kier alpha value is -1.02. The highest BCUT2D eigenvalue weighted by atomic mass is 28.4. The molecule has 0 aliphatic rings. The Bertz CT molecular complexity index is 485. The van der Waals surface area contributed by atoms with Crippen LogP contribution >= 0.6 is 0 Å². The highest BCUT2D eigenvalue weighted by Gasteiger charge is 2.55. The lowest BCUT2D eigenvalue weighted by Crippen LogP contribution is -2.48. The van der Waals surface area contributed by atoms with Gasteiger partial charge in [0.25, 0.3) is 0 Å². The minimum Gasteiger partial charge on any atom is -0.401 e. The van der Waals surface area contributed by atoms with Crippen LogP contribution in [0.1, 0.15) is 18.1 Å². The van der Waals surface area contributed by atoms with Crippen LogP contribution in [-0.4, -0.2) is 14.5 Å². The molecule has 0 N–H and O–H groups in total. The Kier molecular flexibility index (Phi) is 4.56. The summed E-state index contributed by atoms with van der Waals surface area (Å²) in [6, 6.07) is 2.90. The standard InChI is InChI=1S/C13H16F6OSi/c1-11(13(17,18)19,20-21(2,3)4)9-5-7-10(8-6-9)12(14,15)16/h5-8H,1-4H3. The molecule has 0 amide bonds. The second-order valence-corrected chi connectivity index (χ2v) is 10.2. The van der Waals surface area contributed by atoms with Crippen molar-refractivity contribution in [3.05, 3.63) is 35.4 Å². The first-order valence-corrected chi connectivity index (χ1v) is 9.52. The van der Waals surface area contributed by atoms with Crippen molar-refractivity contribution in [2.24, 2.45) is 0 Å². The van der Waals surface area contributed by atoms with Gasteiger partial charge in [0.05, 0.1) is 5.56 Å². The number of hydrogen-bond donors (Lipinski definition) is 0. The SMILES string of the molecule is CC(O[Si](C)(C)C)(c1ccc(C(F)(F)F)cc1)C(F)(F)F. The molecule has 120 valence electrons. The molecule has 0 saturated heterocycles. The summed E-state index contributed by atoms with van der Waals surface area (Å²) < 4.78 is 82.6. The van der Waals surface area contributed by atoms with Crippen LogP contribution in [0.25, 0.3) is 0 Å². The van der Waals surface area contributed by atoms with E-state index < -0.39 is 31.8 Å². The molecule has 0 fully saturated rings. The van der Waals surface area contributed by atoms with Gasteiger partial charge in [-0.15, -0.1) is 0 Å². The van der Waals surface area contributed by atoms with Gasteiger partial charge in [-0.25, -0.2) is 0 Å². The Morgan fingerprint density at radius 1 is 0.810 bits per heavy atom.